The van der Waals surface area contributed by atoms with Crippen molar-refractivity contribution in [3.8, 4) is 0 Å². The smallest absolute Gasteiger partial charge is 0.250 e. The van der Waals surface area contributed by atoms with E-state index in [4.69, 9.17) is 4.74 Å². The Balaban J connectivity index is 1.52. The molecule has 1 aliphatic carbocycles. The Labute approximate surface area is 157 Å². The van der Waals surface area contributed by atoms with Gasteiger partial charge in [0.05, 0.1) is 12.7 Å². The second-order valence-electron chi connectivity index (χ2n) is 6.85. The van der Waals surface area contributed by atoms with Gasteiger partial charge in [-0.25, -0.2) is 0 Å². The standard InChI is InChI=1S/C20H34N4O2/c1-21-20(23-14-17-26-18-10-4-2-3-5-11-18)22-13-7-9-16-24-15-8-6-12-19(24)25/h6,8,12,15,18H,2-5,7,9-11,13-14,16-17H2,1H3,(H2,21,22,23). The molecule has 146 valence electrons. The third kappa shape index (κ3) is 8.04. The lowest BCUT2D eigenvalue weighted by Gasteiger charge is -2.16. The zero-order chi connectivity index (χ0) is 18.5. The normalized spacial score (nSPS) is 16.3. The molecule has 0 unspecified atom stereocenters. The van der Waals surface area contributed by atoms with Gasteiger partial charge in [-0.1, -0.05) is 31.7 Å². The molecule has 2 N–H and O–H groups in total. The van der Waals surface area contributed by atoms with Crippen LogP contribution in [0.15, 0.2) is 34.2 Å². The van der Waals surface area contributed by atoms with Gasteiger partial charge in [-0.05, 0) is 31.7 Å². The molecule has 0 radical (unpaired) electrons. The first-order valence-corrected chi connectivity index (χ1v) is 10.0. The van der Waals surface area contributed by atoms with Crippen molar-refractivity contribution in [2.24, 2.45) is 4.99 Å². The molecule has 0 aliphatic heterocycles. The Morgan fingerprint density at radius 1 is 1.15 bits per heavy atom. The Hall–Kier alpha value is -1.82. The lowest BCUT2D eigenvalue weighted by atomic mass is 10.1. The predicted molar refractivity (Wildman–Crippen MR) is 107 cm³/mol. The summed E-state index contributed by atoms with van der Waals surface area (Å²) in [7, 11) is 1.78. The highest BCUT2D eigenvalue weighted by Gasteiger charge is 2.12. The van der Waals surface area contributed by atoms with Crippen LogP contribution in [0.2, 0.25) is 0 Å². The van der Waals surface area contributed by atoms with Gasteiger partial charge in [0.25, 0.3) is 0 Å². The van der Waals surface area contributed by atoms with Gasteiger partial charge in [0.1, 0.15) is 0 Å². The van der Waals surface area contributed by atoms with Gasteiger partial charge in [-0.15, -0.1) is 0 Å². The van der Waals surface area contributed by atoms with E-state index in [1.807, 2.05) is 12.3 Å². The van der Waals surface area contributed by atoms with Crippen molar-refractivity contribution in [3.63, 3.8) is 0 Å². The first-order chi connectivity index (χ1) is 12.8. The van der Waals surface area contributed by atoms with Crippen molar-refractivity contribution < 1.29 is 4.74 Å². The first-order valence-electron chi connectivity index (χ1n) is 10.0. The molecule has 1 fully saturated rings. The zero-order valence-electron chi connectivity index (χ0n) is 16.1. The molecule has 0 amide bonds. The van der Waals surface area contributed by atoms with Gasteiger partial charge in [-0.3, -0.25) is 9.79 Å². The lowest BCUT2D eigenvalue weighted by Crippen LogP contribution is -2.39. The molecular formula is C20H34N4O2. The summed E-state index contributed by atoms with van der Waals surface area (Å²) >= 11 is 0. The minimum atomic E-state index is 0.0617. The summed E-state index contributed by atoms with van der Waals surface area (Å²) in [5.74, 6) is 0.811. The van der Waals surface area contributed by atoms with Crippen LogP contribution in [-0.2, 0) is 11.3 Å². The molecule has 0 bridgehead atoms. The van der Waals surface area contributed by atoms with Crippen molar-refractivity contribution in [2.45, 2.75) is 64.0 Å². The number of hydrogen-bond acceptors (Lipinski definition) is 3. The molecule has 6 nitrogen and oxygen atoms in total. The number of rotatable bonds is 9. The summed E-state index contributed by atoms with van der Waals surface area (Å²) in [6.07, 6.45) is 11.9. The van der Waals surface area contributed by atoms with E-state index in [1.54, 1.807) is 23.7 Å². The number of unbranched alkanes of at least 4 members (excludes halogenated alkanes) is 1. The molecule has 2 rings (SSSR count). The zero-order valence-corrected chi connectivity index (χ0v) is 16.1. The molecule has 6 heteroatoms. The summed E-state index contributed by atoms with van der Waals surface area (Å²) in [6, 6.07) is 5.26. The number of hydrogen-bond donors (Lipinski definition) is 2. The van der Waals surface area contributed by atoms with E-state index in [0.717, 1.165) is 45.0 Å². The van der Waals surface area contributed by atoms with E-state index >= 15 is 0 Å². The van der Waals surface area contributed by atoms with Crippen molar-refractivity contribution in [2.75, 3.05) is 26.7 Å². The molecule has 0 atom stereocenters. The number of ether oxygens (including phenoxy) is 1. The summed E-state index contributed by atoms with van der Waals surface area (Å²) in [5, 5.41) is 6.62. The van der Waals surface area contributed by atoms with Crippen LogP contribution in [0.5, 0.6) is 0 Å². The number of pyridine rings is 1. The van der Waals surface area contributed by atoms with Crippen molar-refractivity contribution >= 4 is 5.96 Å². The van der Waals surface area contributed by atoms with E-state index in [0.29, 0.717) is 6.10 Å². The van der Waals surface area contributed by atoms with E-state index in [1.165, 1.54) is 38.5 Å². The first kappa shape index (κ1) is 20.5. The minimum absolute atomic E-state index is 0.0617. The predicted octanol–water partition coefficient (Wildman–Crippen LogP) is 2.53. The molecule has 1 aromatic heterocycles. The second-order valence-corrected chi connectivity index (χ2v) is 6.85. The van der Waals surface area contributed by atoms with Crippen molar-refractivity contribution in [1.82, 2.24) is 15.2 Å². The highest BCUT2D eigenvalue weighted by atomic mass is 16.5. The third-order valence-corrected chi connectivity index (χ3v) is 4.79. The maximum atomic E-state index is 11.6. The molecule has 0 saturated heterocycles. The molecule has 1 aliphatic rings. The Morgan fingerprint density at radius 3 is 2.65 bits per heavy atom. The molecule has 1 aromatic rings. The molecular weight excluding hydrogens is 328 g/mol. The minimum Gasteiger partial charge on any atom is -0.376 e. The van der Waals surface area contributed by atoms with Crippen molar-refractivity contribution in [1.29, 1.82) is 0 Å². The van der Waals surface area contributed by atoms with Crippen LogP contribution in [0.1, 0.15) is 51.4 Å². The Morgan fingerprint density at radius 2 is 1.92 bits per heavy atom. The maximum absolute atomic E-state index is 11.6. The SMILES string of the molecule is CN=C(NCCCCn1ccccc1=O)NCCOC1CCCCCC1. The maximum Gasteiger partial charge on any atom is 0.250 e. The lowest BCUT2D eigenvalue weighted by molar-refractivity contribution is 0.0468. The number of nitrogens with zero attached hydrogens (tertiary/aromatic N) is 2. The van der Waals surface area contributed by atoms with Gasteiger partial charge in [0.15, 0.2) is 5.96 Å². The third-order valence-electron chi connectivity index (χ3n) is 4.79. The van der Waals surface area contributed by atoms with Gasteiger partial charge in [-0.2, -0.15) is 0 Å². The van der Waals surface area contributed by atoms with Crippen LogP contribution in [0.4, 0.5) is 0 Å². The quantitative estimate of drug-likeness (QED) is 0.307. The molecule has 1 saturated carbocycles. The van der Waals surface area contributed by atoms with Gasteiger partial charge in [0, 0.05) is 38.9 Å². The topological polar surface area (TPSA) is 67.7 Å². The Bertz CT molecular complexity index is 577. The summed E-state index contributed by atoms with van der Waals surface area (Å²) in [6.45, 7) is 3.09. The fraction of sp³-hybridized carbons (Fsp3) is 0.700. The fourth-order valence-corrected chi connectivity index (χ4v) is 3.28. The van der Waals surface area contributed by atoms with E-state index in [9.17, 15) is 4.79 Å². The van der Waals surface area contributed by atoms with Crippen LogP contribution >= 0.6 is 0 Å². The van der Waals surface area contributed by atoms with Crippen LogP contribution in [0.3, 0.4) is 0 Å². The van der Waals surface area contributed by atoms with E-state index in [2.05, 4.69) is 15.6 Å². The number of guanidine groups is 1. The second kappa shape index (κ2) is 12.5. The van der Waals surface area contributed by atoms with Crippen LogP contribution in [-0.4, -0.2) is 43.4 Å². The average molecular weight is 363 g/mol. The highest BCUT2D eigenvalue weighted by Crippen LogP contribution is 2.19. The van der Waals surface area contributed by atoms with Gasteiger partial charge >= 0.3 is 0 Å². The number of aliphatic imine (C=N–C) groups is 1. The molecule has 0 spiro atoms. The number of aryl methyl sites for hydroxylation is 1. The summed E-state index contributed by atoms with van der Waals surface area (Å²) in [5.41, 5.74) is 0.0617. The van der Waals surface area contributed by atoms with Gasteiger partial charge < -0.3 is 19.9 Å². The summed E-state index contributed by atoms with van der Waals surface area (Å²) in [4.78, 5) is 15.9. The number of aromatic nitrogens is 1. The summed E-state index contributed by atoms with van der Waals surface area (Å²) < 4.78 is 7.73. The van der Waals surface area contributed by atoms with Crippen LogP contribution in [0, 0.1) is 0 Å². The molecule has 1 heterocycles. The highest BCUT2D eigenvalue weighted by molar-refractivity contribution is 5.79. The van der Waals surface area contributed by atoms with Crippen molar-refractivity contribution in [3.05, 3.63) is 34.7 Å². The molecule has 0 aromatic carbocycles. The monoisotopic (exact) mass is 362 g/mol. The largest absolute Gasteiger partial charge is 0.376 e. The number of nitrogens with one attached hydrogen (secondary N) is 2. The van der Waals surface area contributed by atoms with E-state index in [-0.39, 0.29) is 5.56 Å². The van der Waals surface area contributed by atoms with Gasteiger partial charge in [0.2, 0.25) is 5.56 Å². The Kier molecular flexibility index (Phi) is 9.87. The van der Waals surface area contributed by atoms with Crippen LogP contribution < -0.4 is 16.2 Å². The van der Waals surface area contributed by atoms with E-state index < -0.39 is 0 Å². The fourth-order valence-electron chi connectivity index (χ4n) is 3.28. The average Bonchev–Trinajstić information content (AvgIpc) is 2.93. The van der Waals surface area contributed by atoms with Crippen LogP contribution in [0.25, 0.3) is 0 Å². The molecule has 26 heavy (non-hydrogen) atoms.